The average Bonchev–Trinajstić information content (AvgIpc) is 2.67. The molecule has 160 valence electrons. The van der Waals surface area contributed by atoms with Gasteiger partial charge >= 0.3 is 0 Å². The summed E-state index contributed by atoms with van der Waals surface area (Å²) in [5.74, 6) is -2.78. The maximum atomic E-state index is 14.6. The number of nitro groups is 1. The molecule has 2 aliphatic rings. The van der Waals surface area contributed by atoms with Gasteiger partial charge in [-0.15, -0.1) is 0 Å². The number of nitro benzene ring substituents is 1. The zero-order valence-corrected chi connectivity index (χ0v) is 17.0. The number of carbonyl (C=O) groups excluding carboxylic acids is 2. The van der Waals surface area contributed by atoms with Gasteiger partial charge in [-0.05, 0) is 29.5 Å². The zero-order valence-electron chi connectivity index (χ0n) is 17.0. The van der Waals surface area contributed by atoms with Gasteiger partial charge in [-0.1, -0.05) is 26.0 Å². The number of allylic oxidation sites excluding steroid dienone is 2. The second-order valence-corrected chi connectivity index (χ2v) is 8.73. The molecule has 1 aliphatic carbocycles. The predicted molar refractivity (Wildman–Crippen MR) is 109 cm³/mol. The van der Waals surface area contributed by atoms with Crippen molar-refractivity contribution >= 4 is 23.1 Å². The third kappa shape index (κ3) is 3.73. The molecule has 2 aromatic carbocycles. The van der Waals surface area contributed by atoms with E-state index >= 15 is 0 Å². The predicted octanol–water partition coefficient (Wildman–Crippen LogP) is 5.04. The van der Waals surface area contributed by atoms with Crippen molar-refractivity contribution in [3.05, 3.63) is 81.0 Å². The van der Waals surface area contributed by atoms with Crippen LogP contribution in [0.3, 0.4) is 0 Å². The molecule has 31 heavy (non-hydrogen) atoms. The molecule has 8 heteroatoms. The summed E-state index contributed by atoms with van der Waals surface area (Å²) < 4.78 is 28.0. The van der Waals surface area contributed by atoms with E-state index in [-0.39, 0.29) is 30.0 Å². The summed E-state index contributed by atoms with van der Waals surface area (Å²) in [7, 11) is 0. The van der Waals surface area contributed by atoms with Crippen LogP contribution in [0.4, 0.5) is 20.2 Å². The largest absolute Gasteiger partial charge is 0.294 e. The molecule has 1 aliphatic heterocycles. The highest BCUT2D eigenvalue weighted by molar-refractivity contribution is 6.07. The molecular formula is C23H20F2N2O4. The van der Waals surface area contributed by atoms with Crippen LogP contribution < -0.4 is 4.90 Å². The van der Waals surface area contributed by atoms with E-state index in [0.29, 0.717) is 29.3 Å². The van der Waals surface area contributed by atoms with Crippen LogP contribution in [-0.2, 0) is 9.59 Å². The van der Waals surface area contributed by atoms with Crippen LogP contribution in [0.5, 0.6) is 0 Å². The molecule has 2 aromatic rings. The molecule has 1 unspecified atom stereocenters. The van der Waals surface area contributed by atoms with Crippen molar-refractivity contribution in [1.82, 2.24) is 0 Å². The number of rotatable bonds is 3. The lowest BCUT2D eigenvalue weighted by atomic mass is 9.69. The van der Waals surface area contributed by atoms with Gasteiger partial charge in [-0.2, -0.15) is 0 Å². The molecule has 0 saturated heterocycles. The second-order valence-electron chi connectivity index (χ2n) is 8.73. The summed E-state index contributed by atoms with van der Waals surface area (Å²) in [6, 6.07) is 8.74. The van der Waals surface area contributed by atoms with Crippen LogP contribution >= 0.6 is 0 Å². The first-order valence-corrected chi connectivity index (χ1v) is 9.86. The standard InChI is InChI=1S/C23H20F2N2O4/c1-23(2)11-19-22(20(28)12-23)16(13-3-6-15(7-4-13)27(30)31)10-21(29)26(19)18-8-5-14(24)9-17(18)25/h3-9,16H,10-12H2,1-2H3. The van der Waals surface area contributed by atoms with Crippen LogP contribution in [0.25, 0.3) is 0 Å². The van der Waals surface area contributed by atoms with Gasteiger partial charge in [0, 0.05) is 48.2 Å². The van der Waals surface area contributed by atoms with Crippen molar-refractivity contribution in [3.63, 3.8) is 0 Å². The van der Waals surface area contributed by atoms with Crippen molar-refractivity contribution in [3.8, 4) is 0 Å². The fourth-order valence-electron chi connectivity index (χ4n) is 4.47. The van der Waals surface area contributed by atoms with E-state index in [1.807, 2.05) is 13.8 Å². The lowest BCUT2D eigenvalue weighted by Crippen LogP contribution is -2.44. The van der Waals surface area contributed by atoms with Crippen LogP contribution in [-0.4, -0.2) is 16.6 Å². The minimum absolute atomic E-state index is 0.0912. The molecule has 0 saturated carbocycles. The van der Waals surface area contributed by atoms with E-state index in [4.69, 9.17) is 0 Å². The number of hydrogen-bond acceptors (Lipinski definition) is 4. The fourth-order valence-corrected chi connectivity index (χ4v) is 4.47. The van der Waals surface area contributed by atoms with Gasteiger partial charge in [0.25, 0.3) is 5.69 Å². The van der Waals surface area contributed by atoms with E-state index in [2.05, 4.69) is 0 Å². The monoisotopic (exact) mass is 426 g/mol. The summed E-state index contributed by atoms with van der Waals surface area (Å²) in [6.07, 6.45) is 0.531. The Morgan fingerprint density at radius 1 is 1.06 bits per heavy atom. The molecule has 0 aromatic heterocycles. The normalized spacial score (nSPS) is 20.6. The highest BCUT2D eigenvalue weighted by Crippen LogP contribution is 2.48. The lowest BCUT2D eigenvalue weighted by molar-refractivity contribution is -0.384. The molecule has 0 spiro atoms. The Hall–Kier alpha value is -3.42. The minimum atomic E-state index is -0.884. The Labute approximate surface area is 177 Å². The molecule has 1 heterocycles. The number of halogens is 2. The Morgan fingerprint density at radius 3 is 2.35 bits per heavy atom. The van der Waals surface area contributed by atoms with E-state index in [9.17, 15) is 28.5 Å². The SMILES string of the molecule is CC1(C)CC(=O)C2=C(C1)N(c1ccc(F)cc1F)C(=O)CC2c1ccc([N+](=O)[O-])cc1. The Bertz CT molecular complexity index is 1140. The number of anilines is 1. The third-order valence-corrected chi connectivity index (χ3v) is 5.80. The second kappa shape index (κ2) is 7.37. The van der Waals surface area contributed by atoms with Gasteiger partial charge in [-0.25, -0.2) is 8.78 Å². The van der Waals surface area contributed by atoms with E-state index in [1.165, 1.54) is 23.1 Å². The number of Topliss-reactive ketones (excluding diaryl/α,β-unsaturated/α-hetero) is 1. The zero-order chi connectivity index (χ0) is 22.5. The summed E-state index contributed by atoms with van der Waals surface area (Å²) in [6.45, 7) is 3.79. The van der Waals surface area contributed by atoms with Gasteiger partial charge in [0.1, 0.15) is 11.6 Å². The van der Waals surface area contributed by atoms with E-state index < -0.39 is 33.8 Å². The van der Waals surface area contributed by atoms with Crippen molar-refractivity contribution in [1.29, 1.82) is 0 Å². The number of amides is 1. The van der Waals surface area contributed by atoms with Crippen LogP contribution in [0.15, 0.2) is 53.7 Å². The topological polar surface area (TPSA) is 80.5 Å². The number of hydrogen-bond donors (Lipinski definition) is 0. The Morgan fingerprint density at radius 2 is 1.74 bits per heavy atom. The first-order chi connectivity index (χ1) is 14.6. The number of ketones is 1. The van der Waals surface area contributed by atoms with E-state index in [1.54, 1.807) is 12.1 Å². The van der Waals surface area contributed by atoms with Crippen LogP contribution in [0, 0.1) is 27.2 Å². The minimum Gasteiger partial charge on any atom is -0.294 e. The molecule has 0 bridgehead atoms. The van der Waals surface area contributed by atoms with Crippen molar-refractivity contribution in [2.24, 2.45) is 5.41 Å². The first-order valence-electron chi connectivity index (χ1n) is 9.86. The third-order valence-electron chi connectivity index (χ3n) is 5.80. The molecule has 6 nitrogen and oxygen atoms in total. The van der Waals surface area contributed by atoms with Gasteiger partial charge in [0.15, 0.2) is 5.78 Å². The maximum absolute atomic E-state index is 14.6. The number of benzene rings is 2. The van der Waals surface area contributed by atoms with Crippen LogP contribution in [0.2, 0.25) is 0 Å². The molecule has 1 amide bonds. The van der Waals surface area contributed by atoms with Crippen molar-refractivity contribution < 1.29 is 23.3 Å². The van der Waals surface area contributed by atoms with Crippen molar-refractivity contribution in [2.45, 2.75) is 39.0 Å². The average molecular weight is 426 g/mol. The molecule has 0 radical (unpaired) electrons. The quantitative estimate of drug-likeness (QED) is 0.509. The molecule has 4 rings (SSSR count). The Kier molecular flexibility index (Phi) is 4.95. The smallest absolute Gasteiger partial charge is 0.269 e. The number of non-ortho nitro benzene ring substituents is 1. The van der Waals surface area contributed by atoms with Crippen LogP contribution in [0.1, 0.15) is 44.6 Å². The Balaban J connectivity index is 1.88. The lowest BCUT2D eigenvalue weighted by Gasteiger charge is -2.43. The maximum Gasteiger partial charge on any atom is 0.269 e. The molecular weight excluding hydrogens is 406 g/mol. The summed E-state index contributed by atoms with van der Waals surface area (Å²) in [5.41, 5.74) is 0.807. The summed E-state index contributed by atoms with van der Waals surface area (Å²) in [5, 5.41) is 11.0. The first kappa shape index (κ1) is 20.8. The van der Waals surface area contributed by atoms with Gasteiger partial charge < -0.3 is 0 Å². The van der Waals surface area contributed by atoms with Crippen molar-refractivity contribution in [2.75, 3.05) is 4.90 Å². The molecule has 0 fully saturated rings. The highest BCUT2D eigenvalue weighted by atomic mass is 19.1. The highest BCUT2D eigenvalue weighted by Gasteiger charge is 2.44. The molecule has 1 atom stereocenters. The number of nitrogens with zero attached hydrogens (tertiary/aromatic N) is 2. The van der Waals surface area contributed by atoms with Gasteiger partial charge in [0.05, 0.1) is 10.6 Å². The van der Waals surface area contributed by atoms with E-state index in [0.717, 1.165) is 6.07 Å². The summed E-state index contributed by atoms with van der Waals surface area (Å²) >= 11 is 0. The fraction of sp³-hybridized carbons (Fsp3) is 0.304. The summed E-state index contributed by atoms with van der Waals surface area (Å²) in [4.78, 5) is 38.0. The van der Waals surface area contributed by atoms with Gasteiger partial charge in [0.2, 0.25) is 5.91 Å². The molecule has 0 N–H and O–H groups in total. The van der Waals surface area contributed by atoms with Gasteiger partial charge in [-0.3, -0.25) is 24.6 Å². The number of carbonyl (C=O) groups is 2.